The molecule has 0 saturated carbocycles. The first-order valence-corrected chi connectivity index (χ1v) is 5.88. The van der Waals surface area contributed by atoms with Crippen LogP contribution in [0.2, 0.25) is 0 Å². The lowest BCUT2D eigenvalue weighted by Crippen LogP contribution is -2.41. The second kappa shape index (κ2) is 5.67. The number of hydrogen-bond acceptors (Lipinski definition) is 6. The molecule has 1 aromatic rings. The summed E-state index contributed by atoms with van der Waals surface area (Å²) in [5.74, 6) is -0.784. The molecule has 0 aliphatic carbocycles. The summed E-state index contributed by atoms with van der Waals surface area (Å²) >= 11 is 0. The minimum Gasteiger partial charge on any atom is -0.474 e. The standard InChI is InChI=1S/C13H21BN2O4/c1-12(2)13(3,4)20-14(19-12)10-8-15-9-11(16-10)18-7-6-17-5/h8-9H,6-7H2,1-5H3/i5D3,6D2,7D2,8D,9D. The molecule has 1 fully saturated rings. The molecule has 2 rings (SSSR count). The Morgan fingerprint density at radius 3 is 2.65 bits per heavy atom. The summed E-state index contributed by atoms with van der Waals surface area (Å²) in [5, 5.41) is 0. The van der Waals surface area contributed by atoms with E-state index in [0.717, 1.165) is 0 Å². The van der Waals surface area contributed by atoms with Gasteiger partial charge in [0.2, 0.25) is 5.88 Å². The van der Waals surface area contributed by atoms with Crippen LogP contribution in [0.1, 0.15) is 40.0 Å². The van der Waals surface area contributed by atoms with Crippen LogP contribution in [0.15, 0.2) is 12.3 Å². The van der Waals surface area contributed by atoms with Gasteiger partial charge in [0, 0.05) is 13.2 Å². The van der Waals surface area contributed by atoms with Crippen molar-refractivity contribution in [3.63, 3.8) is 0 Å². The van der Waals surface area contributed by atoms with Crippen LogP contribution in [0.4, 0.5) is 0 Å². The topological polar surface area (TPSA) is 62.7 Å². The molecule has 0 atom stereocenters. The summed E-state index contributed by atoms with van der Waals surface area (Å²) < 4.78 is 87.7. The highest BCUT2D eigenvalue weighted by atomic mass is 16.7. The van der Waals surface area contributed by atoms with Crippen molar-refractivity contribution in [2.24, 2.45) is 0 Å². The van der Waals surface area contributed by atoms with Crippen molar-refractivity contribution in [2.75, 3.05) is 20.2 Å². The largest absolute Gasteiger partial charge is 0.516 e. The Bertz CT molecular complexity index is 772. The third-order valence-electron chi connectivity index (χ3n) is 3.26. The van der Waals surface area contributed by atoms with Crippen molar-refractivity contribution in [3.05, 3.63) is 12.3 Å². The zero-order valence-electron chi connectivity index (χ0n) is 20.6. The van der Waals surface area contributed by atoms with Gasteiger partial charge in [-0.2, -0.15) is 0 Å². The third kappa shape index (κ3) is 3.11. The number of rotatable bonds is 5. The van der Waals surface area contributed by atoms with Crippen molar-refractivity contribution in [1.29, 1.82) is 0 Å². The molecule has 1 aromatic heterocycles. The van der Waals surface area contributed by atoms with Crippen LogP contribution in [0.3, 0.4) is 0 Å². The predicted octanol–water partition coefficient (Wildman–Crippen LogP) is 0.801. The van der Waals surface area contributed by atoms with Crippen molar-refractivity contribution < 1.29 is 31.1 Å². The number of methoxy groups -OCH3 is 1. The Balaban J connectivity index is 2.37. The molecule has 1 aliphatic heterocycles. The molecule has 6 nitrogen and oxygen atoms in total. The van der Waals surface area contributed by atoms with Crippen LogP contribution in [0.25, 0.3) is 0 Å². The van der Waals surface area contributed by atoms with E-state index in [-0.39, 0.29) is 5.59 Å². The van der Waals surface area contributed by atoms with Gasteiger partial charge in [0.1, 0.15) is 6.56 Å². The fourth-order valence-corrected chi connectivity index (χ4v) is 1.49. The normalized spacial score (nSPS) is 28.8. The molecule has 1 aliphatic rings. The smallest absolute Gasteiger partial charge is 0.474 e. The van der Waals surface area contributed by atoms with Crippen LogP contribution in [0.5, 0.6) is 5.88 Å². The molecule has 110 valence electrons. The molecule has 0 aromatic carbocycles. The molecule has 7 heteroatoms. The second-order valence-corrected chi connectivity index (χ2v) is 5.13. The number of nitrogens with zero attached hydrogens (tertiary/aromatic N) is 2. The van der Waals surface area contributed by atoms with Crippen LogP contribution in [-0.2, 0) is 14.0 Å². The summed E-state index contributed by atoms with van der Waals surface area (Å²) in [6.45, 7) is 0.275. The van der Waals surface area contributed by atoms with Gasteiger partial charge >= 0.3 is 7.12 Å². The number of ether oxygens (including phenoxy) is 2. The Hall–Kier alpha value is -1.18. The minimum absolute atomic E-state index is 0.206. The summed E-state index contributed by atoms with van der Waals surface area (Å²) in [6, 6.07) is 0. The predicted molar refractivity (Wildman–Crippen MR) is 75.1 cm³/mol. The van der Waals surface area contributed by atoms with E-state index in [1.54, 1.807) is 27.7 Å². The molecular formula is C13H21BN2O4. The molecule has 2 heterocycles. The molecule has 20 heavy (non-hydrogen) atoms. The van der Waals surface area contributed by atoms with Gasteiger partial charge in [-0.1, -0.05) is 0 Å². The van der Waals surface area contributed by atoms with Gasteiger partial charge in [0.05, 0.1) is 41.9 Å². The van der Waals surface area contributed by atoms with E-state index >= 15 is 0 Å². The van der Waals surface area contributed by atoms with Gasteiger partial charge in [-0.3, -0.25) is 4.98 Å². The first kappa shape index (κ1) is 7.20. The van der Waals surface area contributed by atoms with Crippen molar-refractivity contribution >= 4 is 12.7 Å². The van der Waals surface area contributed by atoms with Crippen molar-refractivity contribution in [3.8, 4) is 5.88 Å². The Kier molecular flexibility index (Phi) is 2.04. The molecule has 0 amide bonds. The van der Waals surface area contributed by atoms with E-state index in [1.807, 2.05) is 0 Å². The Morgan fingerprint density at radius 2 is 2.00 bits per heavy atom. The summed E-state index contributed by atoms with van der Waals surface area (Å²) in [6.07, 6.45) is -1.23. The lowest BCUT2D eigenvalue weighted by Gasteiger charge is -2.32. The van der Waals surface area contributed by atoms with Gasteiger partial charge in [-0.15, -0.1) is 0 Å². The first-order valence-electron chi connectivity index (χ1n) is 10.4. The second-order valence-electron chi connectivity index (χ2n) is 5.13. The lowest BCUT2D eigenvalue weighted by atomic mass is 9.85. The van der Waals surface area contributed by atoms with E-state index in [2.05, 4.69) is 14.7 Å². The number of hydrogen-bond donors (Lipinski definition) is 0. The average molecular weight is 289 g/mol. The molecule has 0 unspecified atom stereocenters. The van der Waals surface area contributed by atoms with Crippen LogP contribution >= 0.6 is 0 Å². The fraction of sp³-hybridized carbons (Fsp3) is 0.692. The monoisotopic (exact) mass is 289 g/mol. The van der Waals surface area contributed by atoms with Crippen LogP contribution in [0, 0.1) is 0 Å². The number of aromatic nitrogens is 2. The SMILES string of the molecule is [2H]c1nc([2H])c(B2OC(C)(C)C(C)(C)O2)nc1OC([2H])([2H])C([2H])([2H])OC([2H])([2H])[2H]. The molecule has 0 radical (unpaired) electrons. The van der Waals surface area contributed by atoms with E-state index in [9.17, 15) is 0 Å². The van der Waals surface area contributed by atoms with Gasteiger partial charge in [-0.05, 0) is 27.7 Å². The highest BCUT2D eigenvalue weighted by Crippen LogP contribution is 2.36. The highest BCUT2D eigenvalue weighted by molar-refractivity contribution is 6.61. The molecular weight excluding hydrogens is 259 g/mol. The zero-order chi connectivity index (χ0) is 22.6. The van der Waals surface area contributed by atoms with Gasteiger partial charge in [-0.25, -0.2) is 4.98 Å². The van der Waals surface area contributed by atoms with Crippen molar-refractivity contribution in [1.82, 2.24) is 9.97 Å². The average Bonchev–Trinajstić information content (AvgIpc) is 2.67. The maximum Gasteiger partial charge on any atom is 0.516 e. The highest BCUT2D eigenvalue weighted by Gasteiger charge is 2.52. The first-order chi connectivity index (χ1) is 12.8. The summed E-state index contributed by atoms with van der Waals surface area (Å²) in [5.41, 5.74) is -1.75. The lowest BCUT2D eigenvalue weighted by molar-refractivity contribution is 0.00578. The maximum absolute atomic E-state index is 7.93. The third-order valence-corrected chi connectivity index (χ3v) is 3.26. The minimum atomic E-state index is -3.42. The zero-order valence-corrected chi connectivity index (χ0v) is 11.6. The Labute approximate surface area is 132 Å². The molecule has 0 spiro atoms. The van der Waals surface area contributed by atoms with Crippen LogP contribution < -0.4 is 10.3 Å². The van der Waals surface area contributed by atoms with E-state index < -0.39 is 56.7 Å². The molecule has 0 N–H and O–H groups in total. The molecule has 0 bridgehead atoms. The summed E-state index contributed by atoms with van der Waals surface area (Å²) in [4.78, 5) is 7.47. The quantitative estimate of drug-likeness (QED) is 0.747. The fourth-order valence-electron chi connectivity index (χ4n) is 1.49. The van der Waals surface area contributed by atoms with Crippen molar-refractivity contribution in [2.45, 2.75) is 38.9 Å². The van der Waals surface area contributed by atoms with Gasteiger partial charge < -0.3 is 18.8 Å². The maximum atomic E-state index is 7.93. The van der Waals surface area contributed by atoms with E-state index in [1.165, 1.54) is 0 Å². The Morgan fingerprint density at radius 1 is 1.30 bits per heavy atom. The summed E-state index contributed by atoms with van der Waals surface area (Å²) in [7, 11) is -4.40. The van der Waals surface area contributed by atoms with Gasteiger partial charge in [0.15, 0.2) is 0 Å². The van der Waals surface area contributed by atoms with Crippen LogP contribution in [-0.4, -0.2) is 48.4 Å². The molecule has 1 saturated heterocycles. The van der Waals surface area contributed by atoms with E-state index in [4.69, 9.17) is 26.4 Å². The van der Waals surface area contributed by atoms with E-state index in [0.29, 0.717) is 0 Å². The van der Waals surface area contributed by atoms with Gasteiger partial charge in [0.25, 0.3) is 0 Å².